The average molecular weight is 332 g/mol. The number of nitrogens with zero attached hydrogens (tertiary/aromatic N) is 5. The number of rotatable bonds is 5. The van der Waals surface area contributed by atoms with Gasteiger partial charge >= 0.3 is 5.88 Å². The van der Waals surface area contributed by atoms with E-state index in [-0.39, 0.29) is 11.6 Å². The van der Waals surface area contributed by atoms with E-state index >= 15 is 0 Å². The van der Waals surface area contributed by atoms with E-state index in [4.69, 9.17) is 9.15 Å². The van der Waals surface area contributed by atoms with Crippen LogP contribution in [0.25, 0.3) is 0 Å². The molecule has 0 unspecified atom stereocenters. The van der Waals surface area contributed by atoms with Crippen molar-refractivity contribution in [1.82, 2.24) is 9.97 Å². The largest absolute Gasteiger partial charge is 0.433 e. The third-order valence-electron chi connectivity index (χ3n) is 3.30. The SMILES string of the molecule is Cc1cc(NN=Cc2ccc([N+](=O)[O-])o2)nc(N2CCOCC2)n1. The molecule has 10 heteroatoms. The van der Waals surface area contributed by atoms with Gasteiger partial charge in [-0.3, -0.25) is 15.5 Å². The van der Waals surface area contributed by atoms with Crippen molar-refractivity contribution in [2.75, 3.05) is 36.6 Å². The van der Waals surface area contributed by atoms with Crippen LogP contribution in [-0.4, -0.2) is 47.4 Å². The summed E-state index contributed by atoms with van der Waals surface area (Å²) >= 11 is 0. The Hall–Kier alpha value is -3.01. The van der Waals surface area contributed by atoms with E-state index in [0.29, 0.717) is 25.0 Å². The first-order chi connectivity index (χ1) is 11.6. The van der Waals surface area contributed by atoms with E-state index in [1.165, 1.54) is 18.3 Å². The van der Waals surface area contributed by atoms with E-state index in [9.17, 15) is 10.1 Å². The zero-order valence-electron chi connectivity index (χ0n) is 13.0. The summed E-state index contributed by atoms with van der Waals surface area (Å²) in [6, 6.07) is 4.49. The van der Waals surface area contributed by atoms with Gasteiger partial charge in [0.25, 0.3) is 0 Å². The maximum absolute atomic E-state index is 10.6. The van der Waals surface area contributed by atoms with Gasteiger partial charge in [0.1, 0.15) is 4.92 Å². The highest BCUT2D eigenvalue weighted by Crippen LogP contribution is 2.16. The normalized spacial score (nSPS) is 15.0. The molecule has 1 aliphatic heterocycles. The van der Waals surface area contributed by atoms with Gasteiger partial charge in [-0.2, -0.15) is 10.1 Å². The lowest BCUT2D eigenvalue weighted by Gasteiger charge is -2.27. The summed E-state index contributed by atoms with van der Waals surface area (Å²) in [5, 5.41) is 14.5. The molecule has 0 aliphatic carbocycles. The maximum atomic E-state index is 10.6. The molecule has 0 bridgehead atoms. The van der Waals surface area contributed by atoms with Gasteiger partial charge in [-0.1, -0.05) is 0 Å². The first kappa shape index (κ1) is 15.9. The van der Waals surface area contributed by atoms with Crippen LogP contribution in [0.1, 0.15) is 11.5 Å². The summed E-state index contributed by atoms with van der Waals surface area (Å²) in [6.07, 6.45) is 1.35. The Morgan fingerprint density at radius 2 is 2.17 bits per heavy atom. The maximum Gasteiger partial charge on any atom is 0.433 e. The minimum absolute atomic E-state index is 0.272. The lowest BCUT2D eigenvalue weighted by molar-refractivity contribution is -0.402. The molecule has 0 radical (unpaired) electrons. The molecule has 0 amide bonds. The fourth-order valence-electron chi connectivity index (χ4n) is 2.19. The second-order valence-electron chi connectivity index (χ2n) is 5.10. The summed E-state index contributed by atoms with van der Waals surface area (Å²) in [4.78, 5) is 20.8. The van der Waals surface area contributed by atoms with Crippen molar-refractivity contribution in [3.8, 4) is 0 Å². The Balaban J connectivity index is 1.68. The molecule has 2 aromatic heterocycles. The number of hydrazone groups is 1. The topological polar surface area (TPSA) is 119 Å². The highest BCUT2D eigenvalue weighted by Gasteiger charge is 2.15. The number of nitro groups is 1. The zero-order chi connectivity index (χ0) is 16.9. The number of furan rings is 1. The van der Waals surface area contributed by atoms with Crippen molar-refractivity contribution in [2.45, 2.75) is 6.92 Å². The highest BCUT2D eigenvalue weighted by molar-refractivity contribution is 5.76. The number of hydrogen-bond acceptors (Lipinski definition) is 9. The Morgan fingerprint density at radius 1 is 1.38 bits per heavy atom. The molecule has 0 saturated carbocycles. The van der Waals surface area contributed by atoms with Gasteiger partial charge in [0.2, 0.25) is 5.95 Å². The molecule has 1 fully saturated rings. The molecular weight excluding hydrogens is 316 g/mol. The molecule has 2 aromatic rings. The van der Waals surface area contributed by atoms with Crippen molar-refractivity contribution in [1.29, 1.82) is 0 Å². The van der Waals surface area contributed by atoms with Crippen molar-refractivity contribution < 1.29 is 14.1 Å². The van der Waals surface area contributed by atoms with Gasteiger partial charge in [-0.25, -0.2) is 4.98 Å². The Labute approximate surface area is 137 Å². The standard InChI is InChI=1S/C14H16N6O4/c1-10-8-12(17-14(16-10)19-4-6-23-7-5-19)18-15-9-11-2-3-13(24-11)20(21)22/h2-3,8-9H,4-7H2,1H3,(H,16,17,18). The number of morpholine rings is 1. The predicted octanol–water partition coefficient (Wildman–Crippen LogP) is 1.57. The van der Waals surface area contributed by atoms with E-state index in [1.54, 1.807) is 6.07 Å². The molecule has 0 atom stereocenters. The van der Waals surface area contributed by atoms with Crippen molar-refractivity contribution in [3.05, 3.63) is 39.8 Å². The average Bonchev–Trinajstić information content (AvgIpc) is 3.04. The van der Waals surface area contributed by atoms with Gasteiger partial charge < -0.3 is 14.1 Å². The van der Waals surface area contributed by atoms with E-state index in [0.717, 1.165) is 18.8 Å². The van der Waals surface area contributed by atoms with Gasteiger partial charge in [0.15, 0.2) is 11.6 Å². The third kappa shape index (κ3) is 3.84. The zero-order valence-corrected chi connectivity index (χ0v) is 13.0. The number of aromatic nitrogens is 2. The molecule has 1 saturated heterocycles. The minimum atomic E-state index is -0.604. The van der Waals surface area contributed by atoms with Gasteiger partial charge in [-0.05, 0) is 13.0 Å². The molecule has 0 aromatic carbocycles. The lowest BCUT2D eigenvalue weighted by atomic mass is 10.4. The van der Waals surface area contributed by atoms with Crippen molar-refractivity contribution >= 4 is 23.9 Å². The molecule has 1 aliphatic rings. The number of aryl methyl sites for hydroxylation is 1. The monoisotopic (exact) mass is 332 g/mol. The number of ether oxygens (including phenoxy) is 1. The minimum Gasteiger partial charge on any atom is -0.400 e. The van der Waals surface area contributed by atoms with Crippen LogP contribution in [0.3, 0.4) is 0 Å². The van der Waals surface area contributed by atoms with Crippen molar-refractivity contribution in [2.24, 2.45) is 5.10 Å². The highest BCUT2D eigenvalue weighted by atomic mass is 16.6. The fraction of sp³-hybridized carbons (Fsp3) is 0.357. The van der Waals surface area contributed by atoms with E-state index in [1.807, 2.05) is 11.8 Å². The molecule has 3 rings (SSSR count). The molecule has 0 spiro atoms. The molecule has 3 heterocycles. The van der Waals surface area contributed by atoms with Crippen LogP contribution >= 0.6 is 0 Å². The number of anilines is 2. The Bertz CT molecular complexity index is 753. The van der Waals surface area contributed by atoms with Crippen LogP contribution in [0.2, 0.25) is 0 Å². The summed E-state index contributed by atoms with van der Waals surface area (Å²) in [7, 11) is 0. The summed E-state index contributed by atoms with van der Waals surface area (Å²) in [5.74, 6) is 1.09. The Kier molecular flexibility index (Phi) is 4.66. The summed E-state index contributed by atoms with van der Waals surface area (Å²) in [5.41, 5.74) is 3.59. The third-order valence-corrected chi connectivity index (χ3v) is 3.30. The first-order valence-corrected chi connectivity index (χ1v) is 7.33. The van der Waals surface area contributed by atoms with E-state index in [2.05, 4.69) is 20.5 Å². The smallest absolute Gasteiger partial charge is 0.400 e. The number of hydrogen-bond donors (Lipinski definition) is 1. The summed E-state index contributed by atoms with van der Waals surface area (Å²) < 4.78 is 10.3. The lowest BCUT2D eigenvalue weighted by Crippen LogP contribution is -2.37. The quantitative estimate of drug-likeness (QED) is 0.498. The van der Waals surface area contributed by atoms with Crippen molar-refractivity contribution in [3.63, 3.8) is 0 Å². The second kappa shape index (κ2) is 7.04. The second-order valence-corrected chi connectivity index (χ2v) is 5.10. The fourth-order valence-corrected chi connectivity index (χ4v) is 2.19. The Morgan fingerprint density at radius 3 is 2.88 bits per heavy atom. The predicted molar refractivity (Wildman–Crippen MR) is 86.4 cm³/mol. The van der Waals surface area contributed by atoms with Crippen LogP contribution in [0.5, 0.6) is 0 Å². The van der Waals surface area contributed by atoms with Crippen LogP contribution in [-0.2, 0) is 4.74 Å². The number of nitrogens with one attached hydrogen (secondary N) is 1. The molecular formula is C14H16N6O4. The van der Waals surface area contributed by atoms with Gasteiger partial charge in [0, 0.05) is 24.8 Å². The molecule has 1 N–H and O–H groups in total. The van der Waals surface area contributed by atoms with Crippen LogP contribution in [0, 0.1) is 17.0 Å². The molecule has 10 nitrogen and oxygen atoms in total. The van der Waals surface area contributed by atoms with Crippen LogP contribution in [0.4, 0.5) is 17.7 Å². The molecule has 24 heavy (non-hydrogen) atoms. The first-order valence-electron chi connectivity index (χ1n) is 7.33. The van der Waals surface area contributed by atoms with Gasteiger partial charge in [0.05, 0.1) is 25.5 Å². The molecule has 126 valence electrons. The van der Waals surface area contributed by atoms with Crippen LogP contribution in [0.15, 0.2) is 27.7 Å². The van der Waals surface area contributed by atoms with Gasteiger partial charge in [-0.15, -0.1) is 0 Å². The van der Waals surface area contributed by atoms with Crippen LogP contribution < -0.4 is 10.3 Å². The summed E-state index contributed by atoms with van der Waals surface area (Å²) in [6.45, 7) is 4.64. The van der Waals surface area contributed by atoms with E-state index < -0.39 is 4.92 Å².